The average Bonchev–Trinajstić information content (AvgIpc) is 2.29. The van der Waals surface area contributed by atoms with Gasteiger partial charge in [-0.15, -0.1) is 0 Å². The number of carbonyl (C=O) groups is 1. The molecule has 0 heterocycles. The molecule has 0 aliphatic heterocycles. The number of halogens is 1. The highest BCUT2D eigenvalue weighted by Gasteiger charge is 2.17. The largest absolute Gasteiger partial charge is 0.330 e. The van der Waals surface area contributed by atoms with Gasteiger partial charge in [-0.3, -0.25) is 4.79 Å². The second kappa shape index (κ2) is 6.87. The summed E-state index contributed by atoms with van der Waals surface area (Å²) in [5, 5.41) is 0.511. The lowest BCUT2D eigenvalue weighted by atomic mass is 10.1. The summed E-state index contributed by atoms with van der Waals surface area (Å²) in [5.74, 6) is -0.859. The first-order valence-electron chi connectivity index (χ1n) is 5.64. The fourth-order valence-corrected chi connectivity index (χ4v) is 2.94. The SMILES string of the molecule is NCCCCS(=O)(=O)CC(=O)c1ccc(Cl)cc1. The number of sulfone groups is 1. The van der Waals surface area contributed by atoms with Gasteiger partial charge in [0, 0.05) is 10.6 Å². The van der Waals surface area contributed by atoms with Crippen LogP contribution < -0.4 is 5.73 Å². The number of ketones is 1. The van der Waals surface area contributed by atoms with Gasteiger partial charge in [-0.05, 0) is 43.7 Å². The monoisotopic (exact) mass is 289 g/mol. The maximum atomic E-state index is 11.8. The highest BCUT2D eigenvalue weighted by atomic mass is 35.5. The Balaban J connectivity index is 2.61. The number of benzene rings is 1. The van der Waals surface area contributed by atoms with E-state index >= 15 is 0 Å². The van der Waals surface area contributed by atoms with Gasteiger partial charge in [-0.25, -0.2) is 8.42 Å². The number of unbranched alkanes of at least 4 members (excludes halogenated alkanes) is 1. The van der Waals surface area contributed by atoms with Gasteiger partial charge in [0.2, 0.25) is 0 Å². The first kappa shape index (κ1) is 15.1. The van der Waals surface area contributed by atoms with Crippen molar-refractivity contribution in [1.82, 2.24) is 0 Å². The quantitative estimate of drug-likeness (QED) is 0.612. The van der Waals surface area contributed by atoms with E-state index in [0.29, 0.717) is 30.0 Å². The van der Waals surface area contributed by atoms with E-state index < -0.39 is 21.4 Å². The fourth-order valence-electron chi connectivity index (χ4n) is 1.46. The van der Waals surface area contributed by atoms with Crippen LogP contribution in [0.2, 0.25) is 5.02 Å². The van der Waals surface area contributed by atoms with Crippen LogP contribution in [-0.2, 0) is 9.84 Å². The molecule has 0 amide bonds. The Labute approximate surface area is 112 Å². The maximum Gasteiger partial charge on any atom is 0.177 e. The molecule has 4 nitrogen and oxygen atoms in total. The first-order valence-corrected chi connectivity index (χ1v) is 7.84. The summed E-state index contributed by atoms with van der Waals surface area (Å²) in [6.07, 6.45) is 1.14. The summed E-state index contributed by atoms with van der Waals surface area (Å²) in [4.78, 5) is 11.8. The minimum Gasteiger partial charge on any atom is -0.330 e. The Bertz CT molecular complexity index is 497. The molecule has 0 aliphatic rings. The van der Waals surface area contributed by atoms with Gasteiger partial charge in [0.15, 0.2) is 15.6 Å². The van der Waals surface area contributed by atoms with Crippen molar-refractivity contribution in [3.63, 3.8) is 0 Å². The second-order valence-electron chi connectivity index (χ2n) is 4.02. The molecule has 0 radical (unpaired) electrons. The van der Waals surface area contributed by atoms with E-state index in [-0.39, 0.29) is 5.75 Å². The Kier molecular flexibility index (Phi) is 5.78. The Hall–Kier alpha value is -0.910. The molecule has 1 rings (SSSR count). The lowest BCUT2D eigenvalue weighted by Gasteiger charge is -2.03. The van der Waals surface area contributed by atoms with E-state index in [1.165, 1.54) is 12.1 Å². The molecule has 0 bridgehead atoms. The molecular formula is C12H16ClNO3S. The highest BCUT2D eigenvalue weighted by molar-refractivity contribution is 7.92. The Morgan fingerprint density at radius 1 is 1.17 bits per heavy atom. The predicted octanol–water partition coefficient (Wildman–Crippen LogP) is 1.68. The standard InChI is InChI=1S/C12H16ClNO3S/c13-11-5-3-10(4-6-11)12(15)9-18(16,17)8-2-1-7-14/h3-6H,1-2,7-9,14H2. The van der Waals surface area contributed by atoms with Gasteiger partial charge in [-0.2, -0.15) is 0 Å². The van der Waals surface area contributed by atoms with Crippen molar-refractivity contribution in [1.29, 1.82) is 0 Å². The topological polar surface area (TPSA) is 77.2 Å². The minimum atomic E-state index is -3.35. The summed E-state index contributed by atoms with van der Waals surface area (Å²) in [6, 6.07) is 6.19. The lowest BCUT2D eigenvalue weighted by molar-refractivity contribution is 0.102. The van der Waals surface area contributed by atoms with Crippen LogP contribution >= 0.6 is 11.6 Å². The van der Waals surface area contributed by atoms with Crippen LogP contribution in [-0.4, -0.2) is 32.3 Å². The van der Waals surface area contributed by atoms with Crippen molar-refractivity contribution in [3.05, 3.63) is 34.9 Å². The van der Waals surface area contributed by atoms with Crippen LogP contribution in [0.25, 0.3) is 0 Å². The third-order valence-electron chi connectivity index (χ3n) is 2.43. The van der Waals surface area contributed by atoms with Crippen molar-refractivity contribution in [2.24, 2.45) is 5.73 Å². The summed E-state index contributed by atoms with van der Waals surface area (Å²) < 4.78 is 23.3. The number of carbonyl (C=O) groups excluding carboxylic acids is 1. The highest BCUT2D eigenvalue weighted by Crippen LogP contribution is 2.11. The van der Waals surface area contributed by atoms with Gasteiger partial charge in [-0.1, -0.05) is 11.6 Å². The zero-order chi connectivity index (χ0) is 13.6. The van der Waals surface area contributed by atoms with E-state index in [4.69, 9.17) is 17.3 Å². The molecular weight excluding hydrogens is 274 g/mol. The molecule has 0 atom stereocenters. The third kappa shape index (κ3) is 5.16. The van der Waals surface area contributed by atoms with E-state index in [0.717, 1.165) is 0 Å². The van der Waals surface area contributed by atoms with Crippen molar-refractivity contribution in [3.8, 4) is 0 Å². The second-order valence-corrected chi connectivity index (χ2v) is 6.64. The molecule has 18 heavy (non-hydrogen) atoms. The Morgan fingerprint density at radius 3 is 2.33 bits per heavy atom. The fraction of sp³-hybridized carbons (Fsp3) is 0.417. The average molecular weight is 290 g/mol. The van der Waals surface area contributed by atoms with Crippen LogP contribution in [0.15, 0.2) is 24.3 Å². The van der Waals surface area contributed by atoms with Gasteiger partial charge in [0.25, 0.3) is 0 Å². The van der Waals surface area contributed by atoms with Crippen molar-refractivity contribution in [2.45, 2.75) is 12.8 Å². The molecule has 0 aliphatic carbocycles. The van der Waals surface area contributed by atoms with Gasteiger partial charge in [0.1, 0.15) is 5.75 Å². The molecule has 2 N–H and O–H groups in total. The molecule has 0 aromatic heterocycles. The van der Waals surface area contributed by atoms with Gasteiger partial charge >= 0.3 is 0 Å². The summed E-state index contributed by atoms with van der Waals surface area (Å²) in [5.41, 5.74) is 5.65. The molecule has 0 fully saturated rings. The molecule has 0 spiro atoms. The van der Waals surface area contributed by atoms with Gasteiger partial charge < -0.3 is 5.73 Å². The normalized spacial score (nSPS) is 11.4. The molecule has 0 saturated carbocycles. The Morgan fingerprint density at radius 2 is 1.78 bits per heavy atom. The zero-order valence-corrected chi connectivity index (χ0v) is 11.5. The van der Waals surface area contributed by atoms with E-state index in [1.807, 2.05) is 0 Å². The zero-order valence-electron chi connectivity index (χ0n) is 9.93. The predicted molar refractivity (Wildman–Crippen MR) is 72.7 cm³/mol. The van der Waals surface area contributed by atoms with Crippen LogP contribution in [0.5, 0.6) is 0 Å². The van der Waals surface area contributed by atoms with Crippen LogP contribution in [0.4, 0.5) is 0 Å². The number of Topliss-reactive ketones (excluding diaryl/α,β-unsaturated/α-hetero) is 1. The number of rotatable bonds is 7. The maximum absolute atomic E-state index is 11.8. The van der Waals surface area contributed by atoms with Crippen LogP contribution in [0.3, 0.4) is 0 Å². The molecule has 6 heteroatoms. The molecule has 0 unspecified atom stereocenters. The summed E-state index contributed by atoms with van der Waals surface area (Å²) >= 11 is 5.69. The van der Waals surface area contributed by atoms with Crippen LogP contribution in [0, 0.1) is 0 Å². The lowest BCUT2D eigenvalue weighted by Crippen LogP contribution is -2.19. The number of hydrogen-bond donors (Lipinski definition) is 1. The summed E-state index contributed by atoms with van der Waals surface area (Å²) in [7, 11) is -3.35. The molecule has 100 valence electrons. The van der Waals surface area contributed by atoms with Crippen molar-refractivity contribution >= 4 is 27.2 Å². The number of nitrogens with two attached hydrogens (primary N) is 1. The van der Waals surface area contributed by atoms with E-state index in [2.05, 4.69) is 0 Å². The van der Waals surface area contributed by atoms with E-state index in [9.17, 15) is 13.2 Å². The molecule has 0 saturated heterocycles. The van der Waals surface area contributed by atoms with E-state index in [1.54, 1.807) is 12.1 Å². The first-order chi connectivity index (χ1) is 8.44. The minimum absolute atomic E-state index is 0.00350. The smallest absolute Gasteiger partial charge is 0.177 e. The van der Waals surface area contributed by atoms with Gasteiger partial charge in [0.05, 0.1) is 5.75 Å². The molecule has 1 aromatic carbocycles. The number of hydrogen-bond acceptors (Lipinski definition) is 4. The summed E-state index contributed by atoms with van der Waals surface area (Å²) in [6.45, 7) is 0.459. The third-order valence-corrected chi connectivity index (χ3v) is 4.29. The van der Waals surface area contributed by atoms with Crippen LogP contribution in [0.1, 0.15) is 23.2 Å². The molecule has 1 aromatic rings. The van der Waals surface area contributed by atoms with Crippen molar-refractivity contribution < 1.29 is 13.2 Å². The van der Waals surface area contributed by atoms with Crippen molar-refractivity contribution in [2.75, 3.05) is 18.1 Å².